The van der Waals surface area contributed by atoms with Crippen LogP contribution in [0.5, 0.6) is 5.88 Å². The summed E-state index contributed by atoms with van der Waals surface area (Å²) in [5.74, 6) is 0.701. The first-order chi connectivity index (χ1) is 10.8. The van der Waals surface area contributed by atoms with E-state index in [9.17, 15) is 4.79 Å². The van der Waals surface area contributed by atoms with E-state index in [1.165, 1.54) is 6.42 Å². The Labute approximate surface area is 139 Å². The van der Waals surface area contributed by atoms with Crippen LogP contribution < -0.4 is 10.1 Å². The molecule has 23 heavy (non-hydrogen) atoms. The summed E-state index contributed by atoms with van der Waals surface area (Å²) in [5.41, 5.74) is 0.558. The minimum Gasteiger partial charge on any atom is -0.475 e. The summed E-state index contributed by atoms with van der Waals surface area (Å²) in [7, 11) is 2.10. The monoisotopic (exact) mass is 319 g/mol. The SMILES string of the molecule is Cc1cccnc1OCC(C)(C)NC(=O)C(C)C1CCCN1C. The zero-order valence-corrected chi connectivity index (χ0v) is 14.9. The van der Waals surface area contributed by atoms with Crippen molar-refractivity contribution in [3.8, 4) is 5.88 Å². The quantitative estimate of drug-likeness (QED) is 0.875. The smallest absolute Gasteiger partial charge is 0.224 e. The average molecular weight is 319 g/mol. The number of carbonyl (C=O) groups is 1. The molecule has 0 aromatic carbocycles. The van der Waals surface area contributed by atoms with Gasteiger partial charge in [-0.25, -0.2) is 4.98 Å². The summed E-state index contributed by atoms with van der Waals surface area (Å²) in [6.07, 6.45) is 3.98. The molecule has 128 valence electrons. The van der Waals surface area contributed by atoms with E-state index >= 15 is 0 Å². The van der Waals surface area contributed by atoms with Crippen molar-refractivity contribution in [3.05, 3.63) is 23.9 Å². The molecule has 2 heterocycles. The Morgan fingerprint density at radius 1 is 1.57 bits per heavy atom. The molecule has 2 unspecified atom stereocenters. The van der Waals surface area contributed by atoms with Gasteiger partial charge in [-0.05, 0) is 53.3 Å². The minimum atomic E-state index is -0.438. The Hall–Kier alpha value is -1.62. The first-order valence-electron chi connectivity index (χ1n) is 8.37. The van der Waals surface area contributed by atoms with E-state index in [0.29, 0.717) is 18.5 Å². The molecule has 1 N–H and O–H groups in total. The summed E-state index contributed by atoms with van der Waals surface area (Å²) in [6, 6.07) is 4.19. The van der Waals surface area contributed by atoms with Gasteiger partial charge >= 0.3 is 0 Å². The molecular weight excluding hydrogens is 290 g/mol. The van der Waals surface area contributed by atoms with E-state index in [0.717, 1.165) is 18.5 Å². The lowest BCUT2D eigenvalue weighted by atomic mass is 9.97. The van der Waals surface area contributed by atoms with Gasteiger partial charge in [-0.3, -0.25) is 4.79 Å². The highest BCUT2D eigenvalue weighted by Gasteiger charge is 2.33. The molecule has 2 rings (SSSR count). The van der Waals surface area contributed by atoms with Gasteiger partial charge in [0.2, 0.25) is 11.8 Å². The maximum absolute atomic E-state index is 12.6. The van der Waals surface area contributed by atoms with E-state index in [1.54, 1.807) is 6.20 Å². The summed E-state index contributed by atoms with van der Waals surface area (Å²) < 4.78 is 5.79. The maximum atomic E-state index is 12.6. The number of aryl methyl sites for hydroxylation is 1. The standard InChI is InChI=1S/C18H29N3O2/c1-13-8-6-10-19-17(13)23-12-18(3,4)20-16(22)14(2)15-9-7-11-21(15)5/h6,8,10,14-15H,7,9,11-12H2,1-5H3,(H,20,22). The largest absolute Gasteiger partial charge is 0.475 e. The number of nitrogens with zero attached hydrogens (tertiary/aromatic N) is 2. The Morgan fingerprint density at radius 2 is 2.30 bits per heavy atom. The number of pyridine rings is 1. The Morgan fingerprint density at radius 3 is 2.91 bits per heavy atom. The molecule has 1 aromatic rings. The fourth-order valence-electron chi connectivity index (χ4n) is 3.10. The van der Waals surface area contributed by atoms with Crippen molar-refractivity contribution in [1.29, 1.82) is 0 Å². The highest BCUT2D eigenvalue weighted by molar-refractivity contribution is 5.79. The van der Waals surface area contributed by atoms with Gasteiger partial charge in [0.1, 0.15) is 6.61 Å². The van der Waals surface area contributed by atoms with Crippen LogP contribution in [-0.2, 0) is 4.79 Å². The molecule has 0 bridgehead atoms. The zero-order valence-electron chi connectivity index (χ0n) is 14.9. The molecule has 1 fully saturated rings. The van der Waals surface area contributed by atoms with E-state index < -0.39 is 5.54 Å². The molecule has 5 nitrogen and oxygen atoms in total. The van der Waals surface area contributed by atoms with Crippen molar-refractivity contribution < 1.29 is 9.53 Å². The third-order valence-corrected chi connectivity index (χ3v) is 4.56. The van der Waals surface area contributed by atoms with Gasteiger partial charge in [0.15, 0.2) is 0 Å². The number of rotatable bonds is 6. The summed E-state index contributed by atoms with van der Waals surface area (Å²) >= 11 is 0. The van der Waals surface area contributed by atoms with Crippen molar-refractivity contribution >= 4 is 5.91 Å². The minimum absolute atomic E-state index is 0.0154. The predicted molar refractivity (Wildman–Crippen MR) is 91.5 cm³/mol. The lowest BCUT2D eigenvalue weighted by Gasteiger charge is -2.31. The third-order valence-electron chi connectivity index (χ3n) is 4.56. The topological polar surface area (TPSA) is 54.5 Å². The molecule has 1 amide bonds. The number of hydrogen-bond donors (Lipinski definition) is 1. The average Bonchev–Trinajstić information content (AvgIpc) is 2.91. The summed E-state index contributed by atoms with van der Waals surface area (Å²) in [5, 5.41) is 3.12. The van der Waals surface area contributed by atoms with Gasteiger partial charge in [-0.1, -0.05) is 13.0 Å². The highest BCUT2D eigenvalue weighted by atomic mass is 16.5. The van der Waals surface area contributed by atoms with Crippen LogP contribution in [-0.4, -0.2) is 47.6 Å². The number of aromatic nitrogens is 1. The molecule has 1 saturated heterocycles. The van der Waals surface area contributed by atoms with Crippen LogP contribution in [0.2, 0.25) is 0 Å². The molecule has 0 radical (unpaired) electrons. The molecule has 0 aliphatic carbocycles. The number of nitrogens with one attached hydrogen (secondary N) is 1. The number of hydrogen-bond acceptors (Lipinski definition) is 4. The predicted octanol–water partition coefficient (Wildman–Crippen LogP) is 2.39. The second-order valence-electron chi connectivity index (χ2n) is 7.27. The number of amides is 1. The molecule has 1 aromatic heterocycles. The number of ether oxygens (including phenoxy) is 1. The van der Waals surface area contributed by atoms with Gasteiger partial charge in [-0.15, -0.1) is 0 Å². The number of carbonyl (C=O) groups excluding carboxylic acids is 1. The maximum Gasteiger partial charge on any atom is 0.224 e. The van der Waals surface area contributed by atoms with Crippen LogP contribution in [0, 0.1) is 12.8 Å². The van der Waals surface area contributed by atoms with Crippen LogP contribution >= 0.6 is 0 Å². The van der Waals surface area contributed by atoms with Crippen LogP contribution in [0.4, 0.5) is 0 Å². The second kappa shape index (κ2) is 7.30. The highest BCUT2D eigenvalue weighted by Crippen LogP contribution is 2.23. The Balaban J connectivity index is 1.89. The van der Waals surface area contributed by atoms with E-state index in [2.05, 4.69) is 22.2 Å². The number of likely N-dealkylation sites (tertiary alicyclic amines) is 1. The van der Waals surface area contributed by atoms with Crippen LogP contribution in [0.1, 0.15) is 39.2 Å². The van der Waals surface area contributed by atoms with Crippen molar-refractivity contribution in [1.82, 2.24) is 15.2 Å². The lowest BCUT2D eigenvalue weighted by molar-refractivity contribution is -0.128. The lowest BCUT2D eigenvalue weighted by Crippen LogP contribution is -2.52. The van der Waals surface area contributed by atoms with Crippen LogP contribution in [0.15, 0.2) is 18.3 Å². The molecule has 1 aliphatic rings. The Bertz CT molecular complexity index is 545. The van der Waals surface area contributed by atoms with Gasteiger partial charge in [0.05, 0.1) is 11.5 Å². The van der Waals surface area contributed by atoms with Gasteiger partial charge < -0.3 is 15.0 Å². The second-order valence-corrected chi connectivity index (χ2v) is 7.27. The van der Waals surface area contributed by atoms with Crippen molar-refractivity contribution in [2.75, 3.05) is 20.2 Å². The molecule has 0 spiro atoms. The molecule has 2 atom stereocenters. The normalized spacial score (nSPS) is 20.3. The fourth-order valence-corrected chi connectivity index (χ4v) is 3.10. The van der Waals surface area contributed by atoms with Gasteiger partial charge in [0.25, 0.3) is 0 Å². The van der Waals surface area contributed by atoms with Crippen molar-refractivity contribution in [2.24, 2.45) is 5.92 Å². The third kappa shape index (κ3) is 4.67. The van der Waals surface area contributed by atoms with E-state index in [1.807, 2.05) is 39.8 Å². The summed E-state index contributed by atoms with van der Waals surface area (Å²) in [6.45, 7) is 9.41. The van der Waals surface area contributed by atoms with Crippen LogP contribution in [0.3, 0.4) is 0 Å². The Kier molecular flexibility index (Phi) is 5.63. The molecular formula is C18H29N3O2. The van der Waals surface area contributed by atoms with Gasteiger partial charge in [-0.2, -0.15) is 0 Å². The first-order valence-corrected chi connectivity index (χ1v) is 8.37. The van der Waals surface area contributed by atoms with E-state index in [4.69, 9.17) is 4.74 Å². The van der Waals surface area contributed by atoms with Crippen molar-refractivity contribution in [2.45, 2.75) is 52.1 Å². The van der Waals surface area contributed by atoms with Crippen LogP contribution in [0.25, 0.3) is 0 Å². The van der Waals surface area contributed by atoms with E-state index in [-0.39, 0.29) is 11.8 Å². The summed E-state index contributed by atoms with van der Waals surface area (Å²) in [4.78, 5) is 19.1. The molecule has 5 heteroatoms. The molecule has 1 aliphatic heterocycles. The fraction of sp³-hybridized carbons (Fsp3) is 0.667. The van der Waals surface area contributed by atoms with Crippen molar-refractivity contribution in [3.63, 3.8) is 0 Å². The molecule has 0 saturated carbocycles. The van der Waals surface area contributed by atoms with Gasteiger partial charge in [0, 0.05) is 17.8 Å². The first kappa shape index (κ1) is 17.7. The zero-order chi connectivity index (χ0) is 17.0.